The predicted molar refractivity (Wildman–Crippen MR) is 147 cm³/mol. The van der Waals surface area contributed by atoms with Gasteiger partial charge in [0.2, 0.25) is 11.8 Å². The number of nitrogens with zero attached hydrogens (tertiary/aromatic N) is 2. The third kappa shape index (κ3) is 4.19. The first-order chi connectivity index (χ1) is 20.2. The zero-order chi connectivity index (χ0) is 29.7. The van der Waals surface area contributed by atoms with Crippen molar-refractivity contribution in [1.82, 2.24) is 9.80 Å². The number of amides is 4. The quantitative estimate of drug-likeness (QED) is 0.313. The number of hydrogen-bond donors (Lipinski definition) is 2. The van der Waals surface area contributed by atoms with E-state index >= 15 is 0 Å². The van der Waals surface area contributed by atoms with Gasteiger partial charge >= 0.3 is 11.9 Å². The number of aliphatic carboxylic acids is 2. The second kappa shape index (κ2) is 10.2. The number of hydrogen-bond acceptors (Lipinski definition) is 6. The summed E-state index contributed by atoms with van der Waals surface area (Å²) in [5.74, 6) is -8.08. The summed E-state index contributed by atoms with van der Waals surface area (Å²) in [7, 11) is 0. The van der Waals surface area contributed by atoms with Gasteiger partial charge in [0.15, 0.2) is 0 Å². The Labute approximate surface area is 239 Å². The van der Waals surface area contributed by atoms with Crippen LogP contribution in [0.15, 0.2) is 84.9 Å². The molecular weight excluding hydrogens is 540 g/mol. The molecule has 6 rings (SSSR count). The molecule has 2 aliphatic heterocycles. The van der Waals surface area contributed by atoms with Crippen molar-refractivity contribution >= 4 is 35.6 Å². The molecule has 0 bridgehead atoms. The lowest BCUT2D eigenvalue weighted by molar-refractivity contribution is -0.148. The fourth-order valence-corrected chi connectivity index (χ4v) is 6.11. The van der Waals surface area contributed by atoms with Crippen molar-refractivity contribution in [2.75, 3.05) is 0 Å². The Balaban J connectivity index is 1.41. The molecule has 3 aromatic carbocycles. The Morgan fingerprint density at radius 3 is 1.29 bits per heavy atom. The van der Waals surface area contributed by atoms with Crippen molar-refractivity contribution in [3.05, 3.63) is 118 Å². The number of carboxylic acids is 2. The lowest BCUT2D eigenvalue weighted by Crippen LogP contribution is -2.57. The first-order valence-electron chi connectivity index (χ1n) is 13.3. The lowest BCUT2D eigenvalue weighted by Gasteiger charge is -2.42. The number of benzene rings is 3. The average molecular weight is 565 g/mol. The average Bonchev–Trinajstić information content (AvgIpc) is 2.98. The monoisotopic (exact) mass is 564 g/mol. The number of carbonyl (C=O) groups excluding carboxylic acids is 4. The van der Waals surface area contributed by atoms with Gasteiger partial charge in [-0.25, -0.2) is 9.59 Å². The van der Waals surface area contributed by atoms with Gasteiger partial charge < -0.3 is 10.2 Å². The van der Waals surface area contributed by atoms with Gasteiger partial charge in [-0.2, -0.15) is 0 Å². The third-order valence-corrected chi connectivity index (χ3v) is 8.05. The van der Waals surface area contributed by atoms with E-state index in [1.54, 1.807) is 60.7 Å². The van der Waals surface area contributed by atoms with E-state index in [2.05, 4.69) is 0 Å². The van der Waals surface area contributed by atoms with E-state index < -0.39 is 59.5 Å². The van der Waals surface area contributed by atoms with Crippen LogP contribution < -0.4 is 0 Å². The summed E-state index contributed by atoms with van der Waals surface area (Å²) < 4.78 is 0. The third-order valence-electron chi connectivity index (χ3n) is 8.05. The van der Waals surface area contributed by atoms with Crippen LogP contribution in [0, 0.1) is 0 Å². The Bertz CT molecular complexity index is 1570. The van der Waals surface area contributed by atoms with Crippen molar-refractivity contribution in [3.63, 3.8) is 0 Å². The Morgan fingerprint density at radius 1 is 0.595 bits per heavy atom. The fourth-order valence-electron chi connectivity index (χ4n) is 6.11. The highest BCUT2D eigenvalue weighted by atomic mass is 16.4. The lowest BCUT2D eigenvalue weighted by atomic mass is 9.72. The highest BCUT2D eigenvalue weighted by molar-refractivity contribution is 6.19. The standard InChI is InChI=1S/C32H24N2O8/c35-27-19-11-13-21-26-22(30(38)34(29(21)37)24(32(41)42)16-18-9-5-2-6-10-18)14-12-20(25(19)26)28(36)33(27)23(31(39)40)15-17-7-3-1-4-8-17/h1-14,19,21,23-24H,15-16H2,(H,39,40)(H,41,42). The van der Waals surface area contributed by atoms with E-state index in [-0.39, 0.29) is 35.1 Å². The first kappa shape index (κ1) is 26.8. The molecule has 10 nitrogen and oxygen atoms in total. The second-order valence-electron chi connectivity index (χ2n) is 10.4. The van der Waals surface area contributed by atoms with E-state index in [0.717, 1.165) is 9.80 Å². The number of imide groups is 2. The smallest absolute Gasteiger partial charge is 0.327 e. The largest absolute Gasteiger partial charge is 0.480 e. The van der Waals surface area contributed by atoms with Crippen LogP contribution in [-0.4, -0.2) is 67.7 Å². The summed E-state index contributed by atoms with van der Waals surface area (Å²) in [6.45, 7) is 0. The van der Waals surface area contributed by atoms with Crippen LogP contribution in [0.25, 0.3) is 0 Å². The van der Waals surface area contributed by atoms with Crippen LogP contribution >= 0.6 is 0 Å². The summed E-state index contributed by atoms with van der Waals surface area (Å²) in [5.41, 5.74) is 1.68. The molecule has 2 heterocycles. The van der Waals surface area contributed by atoms with Gasteiger partial charge in [0, 0.05) is 24.0 Å². The molecule has 1 aliphatic carbocycles. The van der Waals surface area contributed by atoms with Crippen molar-refractivity contribution in [2.24, 2.45) is 0 Å². The SMILES string of the molecule is O=C(O)C(Cc1ccccc1)N1C(=O)c2ccc3c4c2C(C=CC4C(=O)N(C(Cc2ccccc2)C(=O)O)C3=O)C1=O. The van der Waals surface area contributed by atoms with Gasteiger partial charge in [-0.3, -0.25) is 29.0 Å². The zero-order valence-corrected chi connectivity index (χ0v) is 22.0. The predicted octanol–water partition coefficient (Wildman–Crippen LogP) is 2.78. The molecule has 0 spiro atoms. The molecule has 210 valence electrons. The maximum Gasteiger partial charge on any atom is 0.327 e. The number of rotatable bonds is 8. The van der Waals surface area contributed by atoms with Crippen molar-refractivity contribution in [3.8, 4) is 0 Å². The minimum atomic E-state index is -1.48. The molecule has 3 aromatic rings. The van der Waals surface area contributed by atoms with Crippen molar-refractivity contribution < 1.29 is 39.0 Å². The van der Waals surface area contributed by atoms with Gasteiger partial charge in [0.25, 0.3) is 11.8 Å². The van der Waals surface area contributed by atoms with Gasteiger partial charge in [-0.05, 0) is 34.4 Å². The molecule has 0 aromatic heterocycles. The van der Waals surface area contributed by atoms with Crippen molar-refractivity contribution in [1.29, 1.82) is 0 Å². The molecule has 4 atom stereocenters. The molecule has 0 saturated heterocycles. The number of carbonyl (C=O) groups is 6. The summed E-state index contributed by atoms with van der Waals surface area (Å²) in [5, 5.41) is 20.1. The molecule has 0 fully saturated rings. The topological polar surface area (TPSA) is 149 Å². The summed E-state index contributed by atoms with van der Waals surface area (Å²) in [6.07, 6.45) is 2.67. The fraction of sp³-hybridized carbons (Fsp3) is 0.188. The van der Waals surface area contributed by atoms with E-state index in [9.17, 15) is 39.0 Å². The minimum Gasteiger partial charge on any atom is -0.480 e. The van der Waals surface area contributed by atoms with Gasteiger partial charge in [-0.15, -0.1) is 0 Å². The van der Waals surface area contributed by atoms with Crippen LogP contribution in [0.5, 0.6) is 0 Å². The molecule has 0 radical (unpaired) electrons. The van der Waals surface area contributed by atoms with E-state index in [0.29, 0.717) is 11.1 Å². The molecule has 2 N–H and O–H groups in total. The second-order valence-corrected chi connectivity index (χ2v) is 10.4. The van der Waals surface area contributed by atoms with E-state index in [1.807, 2.05) is 0 Å². The molecule has 4 amide bonds. The molecular formula is C32H24N2O8. The molecule has 42 heavy (non-hydrogen) atoms. The highest BCUT2D eigenvalue weighted by Crippen LogP contribution is 2.46. The Kier molecular flexibility index (Phi) is 6.53. The van der Waals surface area contributed by atoms with Crippen LogP contribution in [0.1, 0.15) is 54.8 Å². The molecule has 0 saturated carbocycles. The summed E-state index contributed by atoms with van der Waals surface area (Å²) in [4.78, 5) is 81.0. The van der Waals surface area contributed by atoms with Gasteiger partial charge in [0.1, 0.15) is 12.1 Å². The van der Waals surface area contributed by atoms with Gasteiger partial charge in [-0.1, -0.05) is 72.8 Å². The van der Waals surface area contributed by atoms with Gasteiger partial charge in [0.05, 0.1) is 11.8 Å². The summed E-state index contributed by atoms with van der Waals surface area (Å²) in [6, 6.07) is 17.0. The summed E-state index contributed by atoms with van der Waals surface area (Å²) >= 11 is 0. The van der Waals surface area contributed by atoms with Crippen molar-refractivity contribution in [2.45, 2.75) is 36.8 Å². The molecule has 4 unspecified atom stereocenters. The van der Waals surface area contributed by atoms with E-state index in [4.69, 9.17) is 0 Å². The first-order valence-corrected chi connectivity index (χ1v) is 13.3. The highest BCUT2D eigenvalue weighted by Gasteiger charge is 2.52. The maximum absolute atomic E-state index is 13.7. The van der Waals surface area contributed by atoms with Crippen LogP contribution in [0.4, 0.5) is 0 Å². The minimum absolute atomic E-state index is 0.0279. The Hall–Kier alpha value is -5.38. The van der Waals surface area contributed by atoms with Crippen LogP contribution in [0.2, 0.25) is 0 Å². The Morgan fingerprint density at radius 2 is 0.952 bits per heavy atom. The van der Waals surface area contributed by atoms with E-state index in [1.165, 1.54) is 24.3 Å². The molecule has 10 heteroatoms. The zero-order valence-electron chi connectivity index (χ0n) is 22.0. The van der Waals surface area contributed by atoms with Crippen LogP contribution in [0.3, 0.4) is 0 Å². The maximum atomic E-state index is 13.7. The van der Waals surface area contributed by atoms with Crippen LogP contribution in [-0.2, 0) is 32.0 Å². The number of carboxylic acid groups (broad SMARTS) is 2. The molecule has 3 aliphatic rings. The normalized spacial score (nSPS) is 20.3.